The van der Waals surface area contributed by atoms with E-state index in [0.717, 1.165) is 0 Å². The first-order valence-corrected chi connectivity index (χ1v) is 6.69. The number of pyridine rings is 1. The van der Waals surface area contributed by atoms with Crippen LogP contribution in [-0.4, -0.2) is 28.3 Å². The fourth-order valence-corrected chi connectivity index (χ4v) is 1.62. The molecule has 0 aliphatic carbocycles. The van der Waals surface area contributed by atoms with Crippen LogP contribution in [0.1, 0.15) is 17.3 Å². The zero-order valence-electron chi connectivity index (χ0n) is 12.4. The lowest BCUT2D eigenvalue weighted by Gasteiger charge is -2.13. The van der Waals surface area contributed by atoms with Gasteiger partial charge in [-0.15, -0.1) is 0 Å². The van der Waals surface area contributed by atoms with Crippen molar-refractivity contribution in [1.82, 2.24) is 4.98 Å². The molecule has 0 spiro atoms. The Kier molecular flexibility index (Phi) is 5.40. The summed E-state index contributed by atoms with van der Waals surface area (Å²) in [5, 5.41) is 10.5. The summed E-state index contributed by atoms with van der Waals surface area (Å²) in [5.74, 6) is -0.657. The minimum atomic E-state index is -1.19. The quantitative estimate of drug-likeness (QED) is 0.269. The molecule has 0 radical (unpaired) electrons. The van der Waals surface area contributed by atoms with Crippen molar-refractivity contribution in [3.05, 3.63) is 64.5 Å². The molecule has 1 heterocycles. The second-order valence-corrected chi connectivity index (χ2v) is 4.44. The molecule has 2 aromatic rings. The number of esters is 1. The van der Waals surface area contributed by atoms with E-state index in [1.54, 1.807) is 6.07 Å². The van der Waals surface area contributed by atoms with Crippen molar-refractivity contribution >= 4 is 17.8 Å². The third kappa shape index (κ3) is 4.77. The zero-order chi connectivity index (χ0) is 17.5. The van der Waals surface area contributed by atoms with Gasteiger partial charge < -0.3 is 14.2 Å². The summed E-state index contributed by atoms with van der Waals surface area (Å²) in [6, 6.07) is 7.89. The van der Waals surface area contributed by atoms with Crippen LogP contribution >= 0.6 is 0 Å². The highest BCUT2D eigenvalue weighted by molar-refractivity contribution is 5.89. The molecule has 1 atom stereocenters. The molecule has 0 aliphatic heterocycles. The maximum atomic E-state index is 11.7. The normalized spacial score (nSPS) is 11.2. The Morgan fingerprint density at radius 3 is 2.46 bits per heavy atom. The molecule has 24 heavy (non-hydrogen) atoms. The molecule has 1 aromatic heterocycles. The molecule has 1 aromatic carbocycles. The first-order valence-electron chi connectivity index (χ1n) is 6.69. The van der Waals surface area contributed by atoms with Crippen molar-refractivity contribution in [2.75, 3.05) is 0 Å². The Bertz CT molecular complexity index is 731. The monoisotopic (exact) mass is 332 g/mol. The number of nitro benzene ring substituents is 1. The van der Waals surface area contributed by atoms with Crippen molar-refractivity contribution in [2.45, 2.75) is 13.2 Å². The van der Waals surface area contributed by atoms with Gasteiger partial charge in [-0.3, -0.25) is 15.1 Å². The maximum Gasteiger partial charge on any atom is 0.516 e. The van der Waals surface area contributed by atoms with E-state index in [1.165, 1.54) is 49.6 Å². The van der Waals surface area contributed by atoms with Gasteiger partial charge in [-0.05, 0) is 24.3 Å². The summed E-state index contributed by atoms with van der Waals surface area (Å²) < 4.78 is 14.5. The smallest absolute Gasteiger partial charge is 0.422 e. The number of rotatable bonds is 5. The van der Waals surface area contributed by atoms with Crippen LogP contribution in [0.25, 0.3) is 0 Å². The molecule has 0 fully saturated rings. The summed E-state index contributed by atoms with van der Waals surface area (Å²) in [7, 11) is 0. The lowest BCUT2D eigenvalue weighted by atomic mass is 10.3. The van der Waals surface area contributed by atoms with Gasteiger partial charge in [0.05, 0.1) is 10.5 Å². The van der Waals surface area contributed by atoms with Crippen LogP contribution in [0.3, 0.4) is 0 Å². The number of hydrogen-bond acceptors (Lipinski definition) is 8. The van der Waals surface area contributed by atoms with E-state index in [0.29, 0.717) is 0 Å². The molecule has 0 saturated carbocycles. The Morgan fingerprint density at radius 2 is 1.88 bits per heavy atom. The predicted octanol–water partition coefficient (Wildman–Crippen LogP) is 2.71. The third-order valence-corrected chi connectivity index (χ3v) is 2.68. The van der Waals surface area contributed by atoms with Crippen LogP contribution in [0.15, 0.2) is 48.8 Å². The summed E-state index contributed by atoms with van der Waals surface area (Å²) >= 11 is 0. The molecule has 2 rings (SSSR count). The van der Waals surface area contributed by atoms with Gasteiger partial charge in [-0.2, -0.15) is 0 Å². The predicted molar refractivity (Wildman–Crippen MR) is 79.3 cm³/mol. The van der Waals surface area contributed by atoms with Crippen LogP contribution in [-0.2, 0) is 9.47 Å². The van der Waals surface area contributed by atoms with E-state index < -0.39 is 23.3 Å². The average molecular weight is 332 g/mol. The van der Waals surface area contributed by atoms with Gasteiger partial charge in [-0.25, -0.2) is 9.59 Å². The molecule has 9 heteroatoms. The zero-order valence-corrected chi connectivity index (χ0v) is 12.4. The molecular formula is C15H12N2O7. The Balaban J connectivity index is 1.85. The molecule has 9 nitrogen and oxygen atoms in total. The first kappa shape index (κ1) is 16.9. The van der Waals surface area contributed by atoms with Crippen LogP contribution in [0.5, 0.6) is 5.75 Å². The number of non-ortho nitro benzene ring substituents is 1. The molecule has 0 aliphatic rings. The fourth-order valence-electron chi connectivity index (χ4n) is 1.62. The highest BCUT2D eigenvalue weighted by atomic mass is 16.8. The van der Waals surface area contributed by atoms with Crippen LogP contribution in [0, 0.1) is 10.1 Å². The third-order valence-electron chi connectivity index (χ3n) is 2.68. The Labute approximate surface area is 135 Å². The average Bonchev–Trinajstić information content (AvgIpc) is 2.55. The first-order chi connectivity index (χ1) is 11.5. The van der Waals surface area contributed by atoms with Gasteiger partial charge in [-0.1, -0.05) is 0 Å². The number of hydrogen-bond donors (Lipinski definition) is 0. The Morgan fingerprint density at radius 1 is 1.17 bits per heavy atom. The van der Waals surface area contributed by atoms with Gasteiger partial charge in [0.1, 0.15) is 5.75 Å². The number of nitro groups is 1. The second-order valence-electron chi connectivity index (χ2n) is 4.44. The summed E-state index contributed by atoms with van der Waals surface area (Å²) in [6.07, 6.45) is 0.501. The lowest BCUT2D eigenvalue weighted by molar-refractivity contribution is -0.384. The summed E-state index contributed by atoms with van der Waals surface area (Å²) in [5.41, 5.74) is 0.0613. The van der Waals surface area contributed by atoms with E-state index in [2.05, 4.69) is 4.98 Å². The number of carbonyl (C=O) groups excluding carboxylic acids is 2. The van der Waals surface area contributed by atoms with Gasteiger partial charge >= 0.3 is 12.1 Å². The lowest BCUT2D eigenvalue weighted by Crippen LogP contribution is -2.23. The molecule has 0 amide bonds. The topological polar surface area (TPSA) is 118 Å². The molecule has 124 valence electrons. The van der Waals surface area contributed by atoms with Crippen molar-refractivity contribution in [2.24, 2.45) is 0 Å². The minimum absolute atomic E-state index is 0.0522. The van der Waals surface area contributed by atoms with Crippen LogP contribution in [0.2, 0.25) is 0 Å². The van der Waals surface area contributed by atoms with Gasteiger partial charge in [0, 0.05) is 31.5 Å². The second kappa shape index (κ2) is 7.68. The van der Waals surface area contributed by atoms with Gasteiger partial charge in [0.25, 0.3) is 5.69 Å². The van der Waals surface area contributed by atoms with E-state index >= 15 is 0 Å². The highest BCUT2D eigenvalue weighted by Gasteiger charge is 2.17. The van der Waals surface area contributed by atoms with Crippen LogP contribution in [0.4, 0.5) is 10.5 Å². The van der Waals surface area contributed by atoms with Crippen LogP contribution < -0.4 is 4.74 Å². The van der Waals surface area contributed by atoms with Crippen molar-refractivity contribution < 1.29 is 28.7 Å². The molecule has 0 saturated heterocycles. The maximum absolute atomic E-state index is 11.7. The van der Waals surface area contributed by atoms with E-state index in [9.17, 15) is 19.7 Å². The van der Waals surface area contributed by atoms with Gasteiger partial charge in [0.2, 0.25) is 6.29 Å². The summed E-state index contributed by atoms with van der Waals surface area (Å²) in [4.78, 5) is 37.0. The van der Waals surface area contributed by atoms with Crippen molar-refractivity contribution in [3.8, 4) is 5.75 Å². The molecule has 0 bridgehead atoms. The SMILES string of the molecule is CC(OC(=O)Oc1ccc([N+](=O)[O-])cc1)OC(=O)c1cccnc1. The largest absolute Gasteiger partial charge is 0.516 e. The van der Waals surface area contributed by atoms with E-state index in [1.807, 2.05) is 0 Å². The standard InChI is InChI=1S/C15H12N2O7/c1-10(22-14(18)11-3-2-8-16-9-11)23-15(19)24-13-6-4-12(5-7-13)17(20)21/h2-10H,1H3. The Hall–Kier alpha value is -3.49. The highest BCUT2D eigenvalue weighted by Crippen LogP contribution is 2.18. The van der Waals surface area contributed by atoms with Gasteiger partial charge in [0.15, 0.2) is 0 Å². The van der Waals surface area contributed by atoms with Crippen molar-refractivity contribution in [1.29, 1.82) is 0 Å². The molecular weight excluding hydrogens is 320 g/mol. The molecule has 0 N–H and O–H groups in total. The van der Waals surface area contributed by atoms with Crippen molar-refractivity contribution in [3.63, 3.8) is 0 Å². The molecule has 1 unspecified atom stereocenters. The number of ether oxygens (including phenoxy) is 3. The number of nitrogens with zero attached hydrogens (tertiary/aromatic N) is 2. The van der Waals surface area contributed by atoms with E-state index in [4.69, 9.17) is 14.2 Å². The number of carbonyl (C=O) groups is 2. The minimum Gasteiger partial charge on any atom is -0.422 e. The van der Waals surface area contributed by atoms with E-state index in [-0.39, 0.29) is 17.0 Å². The number of benzene rings is 1. The fraction of sp³-hybridized carbons (Fsp3) is 0.133. The summed E-state index contributed by atoms with van der Waals surface area (Å²) in [6.45, 7) is 1.34. The number of aromatic nitrogens is 1.